The van der Waals surface area contributed by atoms with E-state index in [0.717, 1.165) is 0 Å². The number of carboxylic acid groups (broad SMARTS) is 1. The third-order valence-corrected chi connectivity index (χ3v) is 6.25. The number of fused-ring (bicyclic) bond motifs is 1. The number of hydrogen-bond acceptors (Lipinski definition) is 6. The van der Waals surface area contributed by atoms with Crippen LogP contribution in [0.5, 0.6) is 5.75 Å². The van der Waals surface area contributed by atoms with E-state index >= 15 is 0 Å². The highest BCUT2D eigenvalue weighted by molar-refractivity contribution is 8.01. The van der Waals surface area contributed by atoms with Crippen LogP contribution in [0.15, 0.2) is 24.3 Å². The van der Waals surface area contributed by atoms with E-state index in [2.05, 4.69) is 5.32 Å². The lowest BCUT2D eigenvalue weighted by molar-refractivity contribution is -0.173. The molecule has 134 valence electrons. The van der Waals surface area contributed by atoms with Gasteiger partial charge in [-0.05, 0) is 31.5 Å². The zero-order valence-electron chi connectivity index (χ0n) is 13.7. The molecule has 1 aromatic rings. The summed E-state index contributed by atoms with van der Waals surface area (Å²) in [4.78, 5) is 38.0. The second-order valence-corrected chi connectivity index (χ2v) is 8.43. The molecule has 0 saturated carbocycles. The quantitative estimate of drug-likeness (QED) is 0.567. The predicted octanol–water partition coefficient (Wildman–Crippen LogP) is 0.373. The number of phenols is 1. The van der Waals surface area contributed by atoms with E-state index in [4.69, 9.17) is 5.73 Å². The lowest BCUT2D eigenvalue weighted by atomic mass is 9.89. The van der Waals surface area contributed by atoms with Crippen LogP contribution in [-0.2, 0) is 14.4 Å². The van der Waals surface area contributed by atoms with Gasteiger partial charge in [-0.1, -0.05) is 12.1 Å². The first-order valence-electron chi connectivity index (χ1n) is 7.70. The van der Waals surface area contributed by atoms with Crippen LogP contribution in [0.25, 0.3) is 0 Å². The van der Waals surface area contributed by atoms with Gasteiger partial charge in [-0.15, -0.1) is 11.8 Å². The van der Waals surface area contributed by atoms with Gasteiger partial charge in [-0.25, -0.2) is 4.79 Å². The Kier molecular flexibility index (Phi) is 3.96. The molecule has 0 bridgehead atoms. The zero-order chi connectivity index (χ0) is 18.6. The van der Waals surface area contributed by atoms with Crippen molar-refractivity contribution in [3.05, 3.63) is 29.8 Å². The highest BCUT2D eigenvalue weighted by Gasteiger charge is 2.70. The van der Waals surface area contributed by atoms with Gasteiger partial charge in [0.1, 0.15) is 11.8 Å². The largest absolute Gasteiger partial charge is 0.508 e. The van der Waals surface area contributed by atoms with E-state index < -0.39 is 28.3 Å². The standard InChI is InChI=1S/C16H19N3O5S/c1-15(2)16(14(23)24,19-10(21)7-11(19)25-15)18-13(22)12(17)8-3-5-9(20)6-4-8/h3-6,11-12,20H,7,17H2,1-2H3,(H,18,22)(H,23,24)/t11-,12?,16+/m1/s1. The Balaban J connectivity index is 1.92. The van der Waals surface area contributed by atoms with Crippen molar-refractivity contribution in [2.45, 2.75) is 42.1 Å². The number of carboxylic acids is 1. The van der Waals surface area contributed by atoms with E-state index in [0.29, 0.717) is 5.56 Å². The number of nitrogens with two attached hydrogens (primary N) is 1. The summed E-state index contributed by atoms with van der Waals surface area (Å²) < 4.78 is -0.931. The molecule has 1 aromatic carbocycles. The van der Waals surface area contributed by atoms with Crippen molar-refractivity contribution >= 4 is 29.5 Å². The van der Waals surface area contributed by atoms with E-state index in [9.17, 15) is 24.6 Å². The number of amides is 2. The van der Waals surface area contributed by atoms with E-state index in [1.807, 2.05) is 0 Å². The Hall–Kier alpha value is -2.26. The van der Waals surface area contributed by atoms with E-state index in [1.54, 1.807) is 13.8 Å². The summed E-state index contributed by atoms with van der Waals surface area (Å²) in [5.74, 6) is -2.29. The van der Waals surface area contributed by atoms with Gasteiger partial charge in [0.2, 0.25) is 17.5 Å². The topological polar surface area (TPSA) is 133 Å². The summed E-state index contributed by atoms with van der Waals surface area (Å²) in [6.07, 6.45) is 0.253. The summed E-state index contributed by atoms with van der Waals surface area (Å²) >= 11 is 1.34. The van der Waals surface area contributed by atoms with Gasteiger partial charge in [-0.3, -0.25) is 14.5 Å². The normalized spacial score (nSPS) is 28.0. The van der Waals surface area contributed by atoms with Gasteiger partial charge >= 0.3 is 5.97 Å². The van der Waals surface area contributed by atoms with Crippen molar-refractivity contribution in [3.8, 4) is 5.75 Å². The van der Waals surface area contributed by atoms with Gasteiger partial charge in [0.25, 0.3) is 0 Å². The van der Waals surface area contributed by atoms with Crippen molar-refractivity contribution < 1.29 is 24.6 Å². The summed E-state index contributed by atoms with van der Waals surface area (Å²) in [5.41, 5.74) is 4.51. The first kappa shape index (κ1) is 17.6. The highest BCUT2D eigenvalue weighted by Crippen LogP contribution is 2.55. The maximum atomic E-state index is 12.7. The maximum absolute atomic E-state index is 12.7. The van der Waals surface area contributed by atoms with Crippen molar-refractivity contribution in [2.75, 3.05) is 0 Å². The van der Waals surface area contributed by atoms with Crippen molar-refractivity contribution in [1.29, 1.82) is 0 Å². The minimum Gasteiger partial charge on any atom is -0.508 e. The molecule has 3 atom stereocenters. The lowest BCUT2D eigenvalue weighted by Gasteiger charge is -2.46. The van der Waals surface area contributed by atoms with Crippen LogP contribution in [0.2, 0.25) is 0 Å². The molecule has 5 N–H and O–H groups in total. The van der Waals surface area contributed by atoms with Gasteiger partial charge < -0.3 is 21.3 Å². The summed E-state index contributed by atoms with van der Waals surface area (Å²) in [5, 5.41) is 21.4. The smallest absolute Gasteiger partial charge is 0.352 e. The minimum absolute atomic E-state index is 0.0284. The second kappa shape index (κ2) is 5.63. The average Bonchev–Trinajstić information content (AvgIpc) is 2.70. The fourth-order valence-electron chi connectivity index (χ4n) is 3.31. The predicted molar refractivity (Wildman–Crippen MR) is 90.5 cm³/mol. The molecule has 0 aliphatic carbocycles. The molecule has 8 nitrogen and oxygen atoms in total. The van der Waals surface area contributed by atoms with Crippen LogP contribution in [0, 0.1) is 0 Å². The molecule has 2 amide bonds. The second-order valence-electron chi connectivity index (χ2n) is 6.62. The Morgan fingerprint density at radius 1 is 1.36 bits per heavy atom. The number of β-lactam (4-membered cyclic amide) rings is 1. The number of nitrogens with one attached hydrogen (secondary N) is 1. The molecule has 1 unspecified atom stereocenters. The number of benzene rings is 1. The van der Waals surface area contributed by atoms with Crippen molar-refractivity contribution in [2.24, 2.45) is 5.73 Å². The van der Waals surface area contributed by atoms with E-state index in [-0.39, 0.29) is 23.5 Å². The van der Waals surface area contributed by atoms with Crippen LogP contribution < -0.4 is 11.1 Å². The molecule has 2 saturated heterocycles. The van der Waals surface area contributed by atoms with Crippen LogP contribution in [0.4, 0.5) is 0 Å². The summed E-state index contributed by atoms with van der Waals surface area (Å²) in [7, 11) is 0. The van der Waals surface area contributed by atoms with Crippen LogP contribution in [0.1, 0.15) is 31.9 Å². The number of carbonyl (C=O) groups excluding carboxylic acids is 2. The monoisotopic (exact) mass is 365 g/mol. The molecule has 0 aromatic heterocycles. The number of thioether (sulfide) groups is 1. The summed E-state index contributed by atoms with van der Waals surface area (Å²) in [6, 6.07) is 4.62. The van der Waals surface area contributed by atoms with Crippen molar-refractivity contribution in [1.82, 2.24) is 10.2 Å². The number of carbonyl (C=O) groups is 3. The Bertz CT molecular complexity index is 751. The molecule has 9 heteroatoms. The molecule has 2 fully saturated rings. The van der Waals surface area contributed by atoms with E-state index in [1.165, 1.54) is 40.9 Å². The Morgan fingerprint density at radius 3 is 2.48 bits per heavy atom. The highest BCUT2D eigenvalue weighted by atomic mass is 32.2. The SMILES string of the molecule is CC1(C)S[C@@H]2CC(=O)N2[C@@]1(NC(=O)C(N)c1ccc(O)cc1)C(=O)O. The lowest BCUT2D eigenvalue weighted by Crippen LogP contribution is -2.75. The van der Waals surface area contributed by atoms with Gasteiger partial charge in [-0.2, -0.15) is 0 Å². The van der Waals surface area contributed by atoms with Gasteiger partial charge in [0, 0.05) is 0 Å². The van der Waals surface area contributed by atoms with Crippen LogP contribution in [-0.4, -0.2) is 48.7 Å². The van der Waals surface area contributed by atoms with Gasteiger partial charge in [0.05, 0.1) is 16.5 Å². The number of phenolic OH excluding ortho intramolecular Hbond substituents is 1. The molecular weight excluding hydrogens is 346 g/mol. The number of aliphatic carboxylic acids is 1. The average molecular weight is 365 g/mol. The number of nitrogens with zero attached hydrogens (tertiary/aromatic N) is 1. The fourth-order valence-corrected chi connectivity index (χ4v) is 5.01. The minimum atomic E-state index is -1.86. The summed E-state index contributed by atoms with van der Waals surface area (Å²) in [6.45, 7) is 3.37. The molecular formula is C16H19N3O5S. The first-order chi connectivity index (χ1) is 11.6. The molecule has 3 rings (SSSR count). The number of aromatic hydroxyl groups is 1. The van der Waals surface area contributed by atoms with Crippen LogP contribution >= 0.6 is 11.8 Å². The number of rotatable bonds is 4. The molecule has 2 aliphatic rings. The zero-order valence-corrected chi connectivity index (χ0v) is 14.5. The Morgan fingerprint density at radius 2 is 1.96 bits per heavy atom. The van der Waals surface area contributed by atoms with Crippen molar-refractivity contribution in [3.63, 3.8) is 0 Å². The van der Waals surface area contributed by atoms with Crippen LogP contribution in [0.3, 0.4) is 0 Å². The third kappa shape index (κ3) is 2.46. The maximum Gasteiger partial charge on any atom is 0.352 e. The number of hydrogen-bond donors (Lipinski definition) is 4. The first-order valence-corrected chi connectivity index (χ1v) is 8.58. The molecule has 2 heterocycles. The molecule has 25 heavy (non-hydrogen) atoms. The van der Waals surface area contributed by atoms with Gasteiger partial charge in [0.15, 0.2) is 0 Å². The third-order valence-electron chi connectivity index (χ3n) is 4.72. The molecule has 0 radical (unpaired) electrons. The Labute approximate surface area is 148 Å². The molecule has 0 spiro atoms. The molecule has 2 aliphatic heterocycles. The fraction of sp³-hybridized carbons (Fsp3) is 0.438.